The van der Waals surface area contributed by atoms with E-state index in [0.29, 0.717) is 12.3 Å². The molecule has 1 aromatic carbocycles. The summed E-state index contributed by atoms with van der Waals surface area (Å²) in [6.07, 6.45) is 2.70. The molecule has 1 amide bonds. The lowest BCUT2D eigenvalue weighted by Gasteiger charge is -2.20. The lowest BCUT2D eigenvalue weighted by atomic mass is 10.00. The van der Waals surface area contributed by atoms with Gasteiger partial charge in [-0.25, -0.2) is 4.98 Å². The molecule has 0 fully saturated rings. The van der Waals surface area contributed by atoms with E-state index in [0.717, 1.165) is 29.0 Å². The van der Waals surface area contributed by atoms with E-state index < -0.39 is 0 Å². The fourth-order valence-electron chi connectivity index (χ4n) is 3.76. The molecule has 27 heavy (non-hydrogen) atoms. The number of aromatic nitrogens is 4. The number of carbonyl (C=O) groups excluding carboxylic acids is 1. The number of carbonyl (C=O) groups is 1. The van der Waals surface area contributed by atoms with Crippen LogP contribution in [0.5, 0.6) is 0 Å². The van der Waals surface area contributed by atoms with Crippen LogP contribution in [0.25, 0.3) is 10.9 Å². The zero-order valence-electron chi connectivity index (χ0n) is 17.1. The third-order valence-electron chi connectivity index (χ3n) is 5.13. The van der Waals surface area contributed by atoms with E-state index in [4.69, 9.17) is 0 Å². The van der Waals surface area contributed by atoms with Gasteiger partial charge in [0.05, 0.1) is 12.5 Å². The van der Waals surface area contributed by atoms with Crippen molar-refractivity contribution < 1.29 is 4.79 Å². The van der Waals surface area contributed by atoms with Gasteiger partial charge in [-0.15, -0.1) is 0 Å². The van der Waals surface area contributed by atoms with Crippen molar-refractivity contribution in [3.63, 3.8) is 0 Å². The first-order chi connectivity index (χ1) is 12.8. The van der Waals surface area contributed by atoms with Gasteiger partial charge in [0.25, 0.3) is 0 Å². The Morgan fingerprint density at radius 3 is 2.56 bits per heavy atom. The van der Waals surface area contributed by atoms with Crippen LogP contribution in [-0.2, 0) is 18.3 Å². The summed E-state index contributed by atoms with van der Waals surface area (Å²) in [6, 6.07) is 4.09. The molecule has 0 saturated heterocycles. The summed E-state index contributed by atoms with van der Waals surface area (Å²) >= 11 is 0. The van der Waals surface area contributed by atoms with Crippen molar-refractivity contribution in [2.45, 2.75) is 53.5 Å². The molecule has 0 radical (unpaired) electrons. The van der Waals surface area contributed by atoms with Gasteiger partial charge in [-0.05, 0) is 49.8 Å². The molecule has 3 aromatic rings. The number of H-pyrrole nitrogens is 1. The zero-order valence-corrected chi connectivity index (χ0v) is 17.1. The zero-order chi connectivity index (χ0) is 19.7. The molecular formula is C21H29N5O. The second-order valence-corrected chi connectivity index (χ2v) is 7.85. The Kier molecular flexibility index (Phi) is 5.35. The van der Waals surface area contributed by atoms with E-state index in [1.165, 1.54) is 22.8 Å². The van der Waals surface area contributed by atoms with Crippen molar-refractivity contribution in [2.24, 2.45) is 13.0 Å². The predicted octanol–water partition coefficient (Wildman–Crippen LogP) is 3.67. The Hall–Kier alpha value is -2.63. The van der Waals surface area contributed by atoms with Crippen molar-refractivity contribution in [3.05, 3.63) is 46.7 Å². The maximum Gasteiger partial charge on any atom is 0.225 e. The van der Waals surface area contributed by atoms with Crippen molar-refractivity contribution in [1.82, 2.24) is 25.1 Å². The predicted molar refractivity (Wildman–Crippen MR) is 108 cm³/mol. The molecule has 2 aromatic heterocycles. The molecule has 0 saturated carbocycles. The lowest BCUT2D eigenvalue weighted by Crippen LogP contribution is -2.32. The summed E-state index contributed by atoms with van der Waals surface area (Å²) in [5, 5.41) is 8.50. The molecule has 0 unspecified atom stereocenters. The number of amides is 1. The summed E-state index contributed by atoms with van der Waals surface area (Å²) in [5.41, 5.74) is 5.64. The highest BCUT2D eigenvalue weighted by molar-refractivity contribution is 5.93. The highest BCUT2D eigenvalue weighted by Crippen LogP contribution is 2.28. The molecule has 0 aliphatic rings. The van der Waals surface area contributed by atoms with Crippen molar-refractivity contribution in [3.8, 4) is 0 Å². The van der Waals surface area contributed by atoms with Gasteiger partial charge >= 0.3 is 0 Å². The SMILES string of the molecule is Cc1[nH]c2c(C)ccc(C)c2c1CC(=O)N[C@@H](CC(C)C)c1ncnn1C. The number of benzene rings is 1. The third kappa shape index (κ3) is 3.89. The molecular weight excluding hydrogens is 338 g/mol. The highest BCUT2D eigenvalue weighted by atomic mass is 16.1. The number of fused-ring (bicyclic) bond motifs is 1. The molecule has 144 valence electrons. The minimum atomic E-state index is -0.140. The summed E-state index contributed by atoms with van der Waals surface area (Å²) < 4.78 is 1.73. The summed E-state index contributed by atoms with van der Waals surface area (Å²) in [4.78, 5) is 20.7. The first-order valence-corrected chi connectivity index (χ1v) is 9.48. The molecule has 0 spiro atoms. The minimum absolute atomic E-state index is 0.00792. The number of rotatable bonds is 6. The monoisotopic (exact) mass is 367 g/mol. The average molecular weight is 367 g/mol. The van der Waals surface area contributed by atoms with Crippen LogP contribution in [0.2, 0.25) is 0 Å². The van der Waals surface area contributed by atoms with Crippen molar-refractivity contribution >= 4 is 16.8 Å². The summed E-state index contributed by atoms with van der Waals surface area (Å²) in [6.45, 7) is 10.5. The van der Waals surface area contributed by atoms with Gasteiger partial charge in [-0.3, -0.25) is 9.48 Å². The van der Waals surface area contributed by atoms with Gasteiger partial charge in [-0.1, -0.05) is 26.0 Å². The quantitative estimate of drug-likeness (QED) is 0.698. The second-order valence-electron chi connectivity index (χ2n) is 7.85. The van der Waals surface area contributed by atoms with Crippen molar-refractivity contribution in [2.75, 3.05) is 0 Å². The largest absolute Gasteiger partial charge is 0.358 e. The topological polar surface area (TPSA) is 75.6 Å². The Morgan fingerprint density at radius 1 is 1.22 bits per heavy atom. The lowest BCUT2D eigenvalue weighted by molar-refractivity contribution is -0.121. The van der Waals surface area contributed by atoms with E-state index in [2.05, 4.69) is 60.2 Å². The van der Waals surface area contributed by atoms with Crippen molar-refractivity contribution in [1.29, 1.82) is 0 Å². The number of aromatic amines is 1. The Bertz CT molecular complexity index is 967. The maximum atomic E-state index is 12.9. The van der Waals surface area contributed by atoms with Crippen LogP contribution in [0, 0.1) is 26.7 Å². The molecule has 0 aliphatic heterocycles. The number of aryl methyl sites for hydroxylation is 4. The number of nitrogens with one attached hydrogen (secondary N) is 2. The van der Waals surface area contributed by atoms with E-state index in [-0.39, 0.29) is 11.9 Å². The van der Waals surface area contributed by atoms with Crippen LogP contribution in [0.3, 0.4) is 0 Å². The van der Waals surface area contributed by atoms with Crippen LogP contribution in [-0.4, -0.2) is 25.7 Å². The second kappa shape index (κ2) is 7.55. The van der Waals surface area contributed by atoms with Crippen LogP contribution >= 0.6 is 0 Å². The summed E-state index contributed by atoms with van der Waals surface area (Å²) in [5.74, 6) is 1.24. The molecule has 2 N–H and O–H groups in total. The van der Waals surface area contributed by atoms with E-state index in [9.17, 15) is 4.79 Å². The number of hydrogen-bond acceptors (Lipinski definition) is 3. The van der Waals surface area contributed by atoms with Gasteiger partial charge in [0.2, 0.25) is 5.91 Å². The van der Waals surface area contributed by atoms with E-state index in [1.54, 1.807) is 4.68 Å². The van der Waals surface area contributed by atoms with Gasteiger partial charge in [0.15, 0.2) is 0 Å². The van der Waals surface area contributed by atoms with Crippen LogP contribution in [0.1, 0.15) is 54.5 Å². The van der Waals surface area contributed by atoms with Gasteiger partial charge < -0.3 is 10.3 Å². The molecule has 1 atom stereocenters. The molecule has 6 nitrogen and oxygen atoms in total. The number of nitrogens with zero attached hydrogens (tertiary/aromatic N) is 3. The number of hydrogen-bond donors (Lipinski definition) is 2. The maximum absolute atomic E-state index is 12.9. The Labute approximate surface area is 160 Å². The minimum Gasteiger partial charge on any atom is -0.358 e. The first-order valence-electron chi connectivity index (χ1n) is 9.48. The van der Waals surface area contributed by atoms with Gasteiger partial charge in [0.1, 0.15) is 12.2 Å². The highest BCUT2D eigenvalue weighted by Gasteiger charge is 2.22. The van der Waals surface area contributed by atoms with Crippen LogP contribution < -0.4 is 5.32 Å². The first kappa shape index (κ1) is 19.1. The average Bonchev–Trinajstić information content (AvgIpc) is 3.15. The molecule has 3 rings (SSSR count). The van der Waals surface area contributed by atoms with Crippen LogP contribution in [0.4, 0.5) is 0 Å². The fraction of sp³-hybridized carbons (Fsp3) is 0.476. The van der Waals surface area contributed by atoms with Gasteiger partial charge in [-0.2, -0.15) is 5.10 Å². The Morgan fingerprint density at radius 2 is 1.93 bits per heavy atom. The molecule has 2 heterocycles. The standard InChI is InChI=1S/C21H29N5O/c1-12(2)9-17(21-22-11-23-26(21)6)25-18(27)10-16-15(5)24-20-14(4)8-7-13(3)19(16)20/h7-8,11-12,17,24H,9-10H2,1-6H3,(H,25,27)/t17-/m0/s1. The van der Waals surface area contributed by atoms with Gasteiger partial charge in [0, 0.05) is 23.6 Å². The normalized spacial score (nSPS) is 12.7. The van der Waals surface area contributed by atoms with Crippen LogP contribution in [0.15, 0.2) is 18.5 Å². The summed E-state index contributed by atoms with van der Waals surface area (Å²) in [7, 11) is 1.86. The fourth-order valence-corrected chi connectivity index (χ4v) is 3.76. The van der Waals surface area contributed by atoms with E-state index in [1.807, 2.05) is 14.0 Å². The smallest absolute Gasteiger partial charge is 0.225 e. The Balaban J connectivity index is 1.87. The van der Waals surface area contributed by atoms with E-state index >= 15 is 0 Å². The third-order valence-corrected chi connectivity index (χ3v) is 5.13. The molecule has 0 aliphatic carbocycles. The molecule has 6 heteroatoms. The molecule has 0 bridgehead atoms.